The van der Waals surface area contributed by atoms with Gasteiger partial charge in [-0.05, 0) is 24.6 Å². The number of rotatable bonds is 5. The highest BCUT2D eigenvalue weighted by atomic mass is 35.5. The number of halogens is 1. The van der Waals surface area contributed by atoms with E-state index in [2.05, 4.69) is 5.32 Å². The van der Waals surface area contributed by atoms with E-state index < -0.39 is 5.97 Å². The molecule has 1 heterocycles. The van der Waals surface area contributed by atoms with E-state index in [1.54, 1.807) is 23.1 Å². The van der Waals surface area contributed by atoms with Gasteiger partial charge in [-0.2, -0.15) is 0 Å². The van der Waals surface area contributed by atoms with Crippen LogP contribution in [0.3, 0.4) is 0 Å². The van der Waals surface area contributed by atoms with Crippen LogP contribution in [-0.2, 0) is 9.59 Å². The van der Waals surface area contributed by atoms with Gasteiger partial charge in [-0.3, -0.25) is 9.59 Å². The Labute approximate surface area is 116 Å². The minimum Gasteiger partial charge on any atom is -0.480 e. The van der Waals surface area contributed by atoms with Crippen molar-refractivity contribution in [3.63, 3.8) is 0 Å². The van der Waals surface area contributed by atoms with E-state index in [0.29, 0.717) is 18.0 Å². The first-order valence-electron chi connectivity index (χ1n) is 6.06. The van der Waals surface area contributed by atoms with E-state index >= 15 is 0 Å². The molecule has 1 aliphatic heterocycles. The van der Waals surface area contributed by atoms with Crippen LogP contribution in [0, 0.1) is 0 Å². The SMILES string of the molecule is O=C(O)CN(CC1CCC(=O)N1)c1cccc(Cl)c1. The summed E-state index contributed by atoms with van der Waals surface area (Å²) >= 11 is 5.92. The van der Waals surface area contributed by atoms with Crippen molar-refractivity contribution in [3.05, 3.63) is 29.3 Å². The third-order valence-electron chi connectivity index (χ3n) is 3.03. The largest absolute Gasteiger partial charge is 0.480 e. The van der Waals surface area contributed by atoms with E-state index in [9.17, 15) is 9.59 Å². The first-order valence-corrected chi connectivity index (χ1v) is 6.44. The Hall–Kier alpha value is -1.75. The zero-order chi connectivity index (χ0) is 13.8. The lowest BCUT2D eigenvalue weighted by atomic mass is 10.2. The molecule has 1 fully saturated rings. The van der Waals surface area contributed by atoms with Crippen LogP contribution >= 0.6 is 11.6 Å². The summed E-state index contributed by atoms with van der Waals surface area (Å²) in [5.41, 5.74) is 0.746. The number of carbonyl (C=O) groups is 2. The molecule has 2 rings (SSSR count). The summed E-state index contributed by atoms with van der Waals surface area (Å²) in [5.74, 6) is -0.893. The smallest absolute Gasteiger partial charge is 0.323 e. The van der Waals surface area contributed by atoms with E-state index in [1.807, 2.05) is 6.07 Å². The Morgan fingerprint density at radius 1 is 1.53 bits per heavy atom. The fraction of sp³-hybridized carbons (Fsp3) is 0.385. The van der Waals surface area contributed by atoms with Crippen molar-refractivity contribution in [2.24, 2.45) is 0 Å². The molecule has 1 atom stereocenters. The number of carbonyl (C=O) groups excluding carboxylic acids is 1. The second-order valence-electron chi connectivity index (χ2n) is 4.56. The number of aliphatic carboxylic acids is 1. The first kappa shape index (κ1) is 13.7. The fourth-order valence-corrected chi connectivity index (χ4v) is 2.36. The number of carboxylic acids is 1. The maximum absolute atomic E-state index is 11.2. The van der Waals surface area contributed by atoms with Crippen molar-refractivity contribution in [3.8, 4) is 0 Å². The number of anilines is 1. The molecule has 19 heavy (non-hydrogen) atoms. The van der Waals surface area contributed by atoms with Crippen molar-refractivity contribution in [2.75, 3.05) is 18.0 Å². The lowest BCUT2D eigenvalue weighted by Gasteiger charge is -2.26. The molecule has 1 aromatic carbocycles. The van der Waals surface area contributed by atoms with Gasteiger partial charge in [-0.25, -0.2) is 0 Å². The number of amides is 1. The Kier molecular flexibility index (Phi) is 4.27. The lowest BCUT2D eigenvalue weighted by Crippen LogP contribution is -2.41. The fourth-order valence-electron chi connectivity index (χ4n) is 2.18. The summed E-state index contributed by atoms with van der Waals surface area (Å²) in [6.45, 7) is 0.352. The van der Waals surface area contributed by atoms with Gasteiger partial charge >= 0.3 is 5.97 Å². The van der Waals surface area contributed by atoms with Crippen LogP contribution in [0.4, 0.5) is 5.69 Å². The number of nitrogens with one attached hydrogen (secondary N) is 1. The van der Waals surface area contributed by atoms with Gasteiger partial charge in [0.15, 0.2) is 0 Å². The first-order chi connectivity index (χ1) is 9.04. The molecule has 5 nitrogen and oxygen atoms in total. The van der Waals surface area contributed by atoms with E-state index in [4.69, 9.17) is 16.7 Å². The third kappa shape index (κ3) is 3.86. The number of nitrogens with zero attached hydrogens (tertiary/aromatic N) is 1. The maximum Gasteiger partial charge on any atom is 0.323 e. The van der Waals surface area contributed by atoms with Gasteiger partial charge < -0.3 is 15.3 Å². The number of hydrogen-bond acceptors (Lipinski definition) is 3. The normalized spacial score (nSPS) is 18.2. The predicted molar refractivity (Wildman–Crippen MR) is 72.5 cm³/mol. The molecule has 0 aliphatic carbocycles. The molecule has 2 N–H and O–H groups in total. The molecule has 0 spiro atoms. The molecule has 0 saturated carbocycles. The highest BCUT2D eigenvalue weighted by Gasteiger charge is 2.24. The maximum atomic E-state index is 11.2. The topological polar surface area (TPSA) is 69.6 Å². The van der Waals surface area contributed by atoms with E-state index in [1.165, 1.54) is 0 Å². The molecular weight excluding hydrogens is 268 g/mol. The summed E-state index contributed by atoms with van der Waals surface area (Å²) < 4.78 is 0. The van der Waals surface area contributed by atoms with Crippen molar-refractivity contribution < 1.29 is 14.7 Å². The van der Waals surface area contributed by atoms with Gasteiger partial charge in [0, 0.05) is 29.7 Å². The van der Waals surface area contributed by atoms with Gasteiger partial charge in [-0.15, -0.1) is 0 Å². The van der Waals surface area contributed by atoms with Gasteiger partial charge in [0.25, 0.3) is 0 Å². The quantitative estimate of drug-likeness (QED) is 0.859. The molecule has 1 amide bonds. The summed E-state index contributed by atoms with van der Waals surface area (Å²) in [6, 6.07) is 7.04. The van der Waals surface area contributed by atoms with Crippen molar-refractivity contribution in [1.29, 1.82) is 0 Å². The van der Waals surface area contributed by atoms with Crippen LogP contribution in [0.1, 0.15) is 12.8 Å². The molecule has 0 bridgehead atoms. The summed E-state index contributed by atoms with van der Waals surface area (Å²) in [7, 11) is 0. The van der Waals surface area contributed by atoms with Gasteiger partial charge in [0.2, 0.25) is 5.91 Å². The van der Waals surface area contributed by atoms with Crippen LogP contribution in [-0.4, -0.2) is 36.1 Å². The molecule has 1 saturated heterocycles. The van der Waals surface area contributed by atoms with Gasteiger partial charge in [0.1, 0.15) is 6.54 Å². The third-order valence-corrected chi connectivity index (χ3v) is 3.26. The molecule has 1 unspecified atom stereocenters. The van der Waals surface area contributed by atoms with Crippen LogP contribution in [0.5, 0.6) is 0 Å². The van der Waals surface area contributed by atoms with Gasteiger partial charge in [-0.1, -0.05) is 17.7 Å². The molecule has 6 heteroatoms. The average molecular weight is 283 g/mol. The van der Waals surface area contributed by atoms with E-state index in [-0.39, 0.29) is 18.5 Å². The zero-order valence-electron chi connectivity index (χ0n) is 10.3. The molecule has 0 aromatic heterocycles. The standard InChI is InChI=1S/C13H15ClN2O3/c14-9-2-1-3-11(6-9)16(8-13(18)19)7-10-4-5-12(17)15-10/h1-3,6,10H,4-5,7-8H2,(H,15,17)(H,18,19). The monoisotopic (exact) mass is 282 g/mol. The summed E-state index contributed by atoms with van der Waals surface area (Å²) in [5, 5.41) is 12.4. The van der Waals surface area contributed by atoms with E-state index in [0.717, 1.165) is 12.1 Å². The average Bonchev–Trinajstić information content (AvgIpc) is 2.73. The summed E-state index contributed by atoms with van der Waals surface area (Å²) in [6.07, 6.45) is 1.23. The number of benzene rings is 1. The zero-order valence-corrected chi connectivity index (χ0v) is 11.1. The van der Waals surface area contributed by atoms with Crippen LogP contribution in [0.2, 0.25) is 5.02 Å². The number of carboxylic acid groups (broad SMARTS) is 1. The minimum absolute atomic E-state index is 0.00849. The highest BCUT2D eigenvalue weighted by Crippen LogP contribution is 2.21. The lowest BCUT2D eigenvalue weighted by molar-refractivity contribution is -0.135. The van der Waals surface area contributed by atoms with Crippen LogP contribution < -0.4 is 10.2 Å². The molecule has 102 valence electrons. The predicted octanol–water partition coefficient (Wildman–Crippen LogP) is 1.51. The van der Waals surface area contributed by atoms with Crippen LogP contribution in [0.25, 0.3) is 0 Å². The minimum atomic E-state index is -0.913. The van der Waals surface area contributed by atoms with Crippen molar-refractivity contribution in [2.45, 2.75) is 18.9 Å². The van der Waals surface area contributed by atoms with Crippen LogP contribution in [0.15, 0.2) is 24.3 Å². The van der Waals surface area contributed by atoms with Crippen molar-refractivity contribution >= 4 is 29.2 Å². The Balaban J connectivity index is 2.11. The molecule has 0 radical (unpaired) electrons. The highest BCUT2D eigenvalue weighted by molar-refractivity contribution is 6.30. The molecule has 1 aromatic rings. The van der Waals surface area contributed by atoms with Crippen molar-refractivity contribution in [1.82, 2.24) is 5.32 Å². The Bertz CT molecular complexity index is 493. The second-order valence-corrected chi connectivity index (χ2v) is 4.99. The number of hydrogen-bond donors (Lipinski definition) is 2. The second kappa shape index (κ2) is 5.93. The Morgan fingerprint density at radius 2 is 2.32 bits per heavy atom. The van der Waals surface area contributed by atoms with Gasteiger partial charge in [0.05, 0.1) is 0 Å². The Morgan fingerprint density at radius 3 is 2.89 bits per heavy atom. The molecule has 1 aliphatic rings. The molecular formula is C13H15ClN2O3. The summed E-state index contributed by atoms with van der Waals surface area (Å²) in [4.78, 5) is 23.8.